The van der Waals surface area contributed by atoms with Crippen LogP contribution < -0.4 is 0 Å². The summed E-state index contributed by atoms with van der Waals surface area (Å²) in [6.07, 6.45) is 9.88. The number of hydrogen-bond donors (Lipinski definition) is 0. The predicted molar refractivity (Wildman–Crippen MR) is 87.8 cm³/mol. The zero-order valence-electron chi connectivity index (χ0n) is 14.9. The van der Waals surface area contributed by atoms with E-state index in [-0.39, 0.29) is 0 Å². The van der Waals surface area contributed by atoms with Crippen molar-refractivity contribution in [1.82, 2.24) is 0 Å². The van der Waals surface area contributed by atoms with Gasteiger partial charge in [-0.2, -0.15) is 0 Å². The van der Waals surface area contributed by atoms with Crippen LogP contribution in [0.3, 0.4) is 0 Å². The van der Waals surface area contributed by atoms with Gasteiger partial charge in [-0.25, -0.2) is 9.78 Å². The molecule has 0 aliphatic heterocycles. The minimum Gasteiger partial charge on any atom is -0.237 e. The Bertz CT molecular complexity index is 186. The molecule has 20 heavy (non-hydrogen) atoms. The second-order valence-corrected chi connectivity index (χ2v) is 8.39. The van der Waals surface area contributed by atoms with E-state index < -0.39 is 0 Å². The van der Waals surface area contributed by atoms with Gasteiger partial charge in [0.05, 0.1) is 13.2 Å². The van der Waals surface area contributed by atoms with Gasteiger partial charge in [0.2, 0.25) is 0 Å². The molecule has 0 N–H and O–H groups in total. The molecule has 0 aromatic carbocycles. The Labute approximate surface area is 127 Å². The standard InChI is InChI=1S/C18H38O2/c1-17(2,3)13-9-7-11-15-19-20-16-12-8-10-14-18(4,5)6/h7-16H2,1-6H3. The second-order valence-electron chi connectivity index (χ2n) is 8.39. The molecule has 0 saturated carbocycles. The minimum absolute atomic E-state index is 0.463. The van der Waals surface area contributed by atoms with Crippen LogP contribution in [0.15, 0.2) is 0 Å². The molecule has 0 saturated heterocycles. The van der Waals surface area contributed by atoms with Crippen LogP contribution in [0.4, 0.5) is 0 Å². The van der Waals surface area contributed by atoms with Crippen molar-refractivity contribution < 1.29 is 9.78 Å². The van der Waals surface area contributed by atoms with Gasteiger partial charge in [-0.05, 0) is 36.5 Å². The van der Waals surface area contributed by atoms with Gasteiger partial charge < -0.3 is 0 Å². The Balaban J connectivity index is 3.10. The molecule has 2 nitrogen and oxygen atoms in total. The Morgan fingerprint density at radius 2 is 0.850 bits per heavy atom. The lowest BCUT2D eigenvalue weighted by molar-refractivity contribution is -0.295. The summed E-state index contributed by atoms with van der Waals surface area (Å²) < 4.78 is 0. The summed E-state index contributed by atoms with van der Waals surface area (Å²) in [5, 5.41) is 0. The molecule has 2 heteroatoms. The third-order valence-corrected chi connectivity index (χ3v) is 3.39. The maximum absolute atomic E-state index is 5.21. The molecule has 0 bridgehead atoms. The van der Waals surface area contributed by atoms with Gasteiger partial charge in [-0.3, -0.25) is 0 Å². The Hall–Kier alpha value is -0.0800. The summed E-state index contributed by atoms with van der Waals surface area (Å²) in [6, 6.07) is 0. The van der Waals surface area contributed by atoms with Gasteiger partial charge in [0.1, 0.15) is 0 Å². The fraction of sp³-hybridized carbons (Fsp3) is 1.00. The van der Waals surface area contributed by atoms with Crippen LogP contribution in [0.2, 0.25) is 0 Å². The molecule has 0 aromatic heterocycles. The molecule has 0 atom stereocenters. The van der Waals surface area contributed by atoms with Gasteiger partial charge in [-0.15, -0.1) is 0 Å². The average molecular weight is 286 g/mol. The van der Waals surface area contributed by atoms with E-state index in [1.165, 1.54) is 38.5 Å². The van der Waals surface area contributed by atoms with Gasteiger partial charge in [0.25, 0.3) is 0 Å². The highest BCUT2D eigenvalue weighted by Crippen LogP contribution is 2.22. The summed E-state index contributed by atoms with van der Waals surface area (Å²) in [7, 11) is 0. The van der Waals surface area contributed by atoms with Crippen molar-refractivity contribution in [1.29, 1.82) is 0 Å². The zero-order valence-corrected chi connectivity index (χ0v) is 14.9. The summed E-state index contributed by atoms with van der Waals surface area (Å²) in [5.74, 6) is 0. The molecule has 0 unspecified atom stereocenters. The van der Waals surface area contributed by atoms with Crippen LogP contribution in [-0.2, 0) is 9.78 Å². The first-order valence-electron chi connectivity index (χ1n) is 8.45. The molecule has 0 heterocycles. The molecule has 0 radical (unpaired) electrons. The third kappa shape index (κ3) is 17.9. The Morgan fingerprint density at radius 1 is 0.500 bits per heavy atom. The normalized spacial score (nSPS) is 12.9. The molecule has 0 rings (SSSR count). The summed E-state index contributed by atoms with van der Waals surface area (Å²) in [4.78, 5) is 10.4. The summed E-state index contributed by atoms with van der Waals surface area (Å²) in [5.41, 5.74) is 0.925. The van der Waals surface area contributed by atoms with Gasteiger partial charge in [0, 0.05) is 0 Å². The molecule has 0 fully saturated rings. The van der Waals surface area contributed by atoms with Crippen LogP contribution in [0, 0.1) is 10.8 Å². The first-order valence-corrected chi connectivity index (χ1v) is 8.45. The average Bonchev–Trinajstić information content (AvgIpc) is 2.27. The molecule has 0 amide bonds. The van der Waals surface area contributed by atoms with E-state index in [9.17, 15) is 0 Å². The van der Waals surface area contributed by atoms with Crippen molar-refractivity contribution in [3.8, 4) is 0 Å². The highest BCUT2D eigenvalue weighted by Gasteiger charge is 2.09. The molecular weight excluding hydrogens is 248 g/mol. The number of unbranched alkanes of at least 4 members (excludes halogenated alkanes) is 4. The second kappa shape index (κ2) is 10.6. The molecule has 0 aromatic rings. The van der Waals surface area contributed by atoms with Gasteiger partial charge in [-0.1, -0.05) is 67.2 Å². The fourth-order valence-electron chi connectivity index (χ4n) is 2.10. The van der Waals surface area contributed by atoms with E-state index in [4.69, 9.17) is 9.78 Å². The SMILES string of the molecule is CC(C)(C)CCCCCOOCCCCCC(C)(C)C. The molecule has 122 valence electrons. The highest BCUT2D eigenvalue weighted by atomic mass is 17.2. The third-order valence-electron chi connectivity index (χ3n) is 3.39. The molecule has 0 aliphatic carbocycles. The smallest absolute Gasteiger partial charge is 0.0822 e. The molecule has 0 aliphatic rings. The van der Waals surface area contributed by atoms with Crippen molar-refractivity contribution in [3.05, 3.63) is 0 Å². The van der Waals surface area contributed by atoms with Crippen molar-refractivity contribution >= 4 is 0 Å². The zero-order chi connectivity index (χ0) is 15.5. The minimum atomic E-state index is 0.463. The summed E-state index contributed by atoms with van der Waals surface area (Å²) in [6.45, 7) is 15.3. The highest BCUT2D eigenvalue weighted by molar-refractivity contribution is 4.61. The van der Waals surface area contributed by atoms with E-state index in [2.05, 4.69) is 41.5 Å². The van der Waals surface area contributed by atoms with Crippen molar-refractivity contribution in [2.45, 2.75) is 92.9 Å². The first kappa shape index (κ1) is 19.9. The van der Waals surface area contributed by atoms with Crippen LogP contribution in [-0.4, -0.2) is 13.2 Å². The topological polar surface area (TPSA) is 18.5 Å². The molecule has 0 spiro atoms. The monoisotopic (exact) mass is 286 g/mol. The van der Waals surface area contributed by atoms with Crippen LogP contribution in [0.25, 0.3) is 0 Å². The van der Waals surface area contributed by atoms with E-state index in [1.807, 2.05) is 0 Å². The first-order chi connectivity index (χ1) is 9.21. The Kier molecular flexibility index (Phi) is 10.6. The van der Waals surface area contributed by atoms with E-state index in [0.29, 0.717) is 10.8 Å². The van der Waals surface area contributed by atoms with Crippen molar-refractivity contribution in [2.24, 2.45) is 10.8 Å². The number of hydrogen-bond acceptors (Lipinski definition) is 2. The maximum Gasteiger partial charge on any atom is 0.0822 e. The summed E-state index contributed by atoms with van der Waals surface area (Å²) >= 11 is 0. The van der Waals surface area contributed by atoms with Gasteiger partial charge >= 0.3 is 0 Å². The largest absolute Gasteiger partial charge is 0.237 e. The molecular formula is C18H38O2. The Morgan fingerprint density at radius 3 is 1.15 bits per heavy atom. The van der Waals surface area contributed by atoms with E-state index in [1.54, 1.807) is 0 Å². The van der Waals surface area contributed by atoms with E-state index >= 15 is 0 Å². The van der Waals surface area contributed by atoms with Crippen LogP contribution in [0.1, 0.15) is 92.9 Å². The van der Waals surface area contributed by atoms with Crippen molar-refractivity contribution in [2.75, 3.05) is 13.2 Å². The van der Waals surface area contributed by atoms with Crippen LogP contribution >= 0.6 is 0 Å². The van der Waals surface area contributed by atoms with Crippen molar-refractivity contribution in [3.63, 3.8) is 0 Å². The van der Waals surface area contributed by atoms with Crippen LogP contribution in [0.5, 0.6) is 0 Å². The lowest BCUT2D eigenvalue weighted by Crippen LogP contribution is -2.05. The lowest BCUT2D eigenvalue weighted by Gasteiger charge is -2.17. The maximum atomic E-state index is 5.21. The van der Waals surface area contributed by atoms with Gasteiger partial charge in [0.15, 0.2) is 0 Å². The predicted octanol–water partition coefficient (Wildman–Crippen LogP) is 6.15. The quantitative estimate of drug-likeness (QED) is 0.258. The number of rotatable bonds is 11. The van der Waals surface area contributed by atoms with E-state index in [0.717, 1.165) is 26.1 Å². The lowest BCUT2D eigenvalue weighted by atomic mass is 9.89. The fourth-order valence-corrected chi connectivity index (χ4v) is 2.10.